The summed E-state index contributed by atoms with van der Waals surface area (Å²) in [5.74, 6) is 0.165. The van der Waals surface area contributed by atoms with Crippen LogP contribution in [-0.4, -0.2) is 48.1 Å². The number of carbonyl (C=O) groups excluding carboxylic acids is 1. The van der Waals surface area contributed by atoms with E-state index in [1.807, 2.05) is 56.3 Å². The maximum atomic E-state index is 12.7. The van der Waals surface area contributed by atoms with Crippen molar-refractivity contribution in [2.45, 2.75) is 38.5 Å². The molecule has 1 aliphatic heterocycles. The van der Waals surface area contributed by atoms with Crippen LogP contribution in [-0.2, 0) is 4.79 Å². The van der Waals surface area contributed by atoms with Crippen molar-refractivity contribution < 1.29 is 4.79 Å². The van der Waals surface area contributed by atoms with Gasteiger partial charge in [0.2, 0.25) is 5.91 Å². The van der Waals surface area contributed by atoms with Crippen LogP contribution in [0.2, 0.25) is 0 Å². The molecule has 1 aromatic carbocycles. The predicted molar refractivity (Wildman–Crippen MR) is 81.3 cm³/mol. The first-order chi connectivity index (χ1) is 9.33. The van der Waals surface area contributed by atoms with Crippen LogP contribution in [0.5, 0.6) is 0 Å². The van der Waals surface area contributed by atoms with Crippen LogP contribution in [0.4, 0.5) is 0 Å². The summed E-state index contributed by atoms with van der Waals surface area (Å²) in [6.07, 6.45) is 0.0620. The van der Waals surface area contributed by atoms with Gasteiger partial charge in [0.05, 0.1) is 6.17 Å². The smallest absolute Gasteiger partial charge is 0.245 e. The first-order valence-corrected chi connectivity index (χ1v) is 7.12. The van der Waals surface area contributed by atoms with Gasteiger partial charge in [0.25, 0.3) is 0 Å². The average molecular weight is 275 g/mol. The van der Waals surface area contributed by atoms with Gasteiger partial charge < -0.3 is 9.80 Å². The molecular weight excluding hydrogens is 250 g/mol. The Bertz CT molecular complexity index is 470. The maximum Gasteiger partial charge on any atom is 0.245 e. The molecule has 2 unspecified atom stereocenters. The van der Waals surface area contributed by atoms with Crippen LogP contribution in [0.1, 0.15) is 32.4 Å². The van der Waals surface area contributed by atoms with Crippen molar-refractivity contribution in [3.63, 3.8) is 0 Å². The minimum Gasteiger partial charge on any atom is -0.324 e. The highest BCUT2D eigenvalue weighted by Gasteiger charge is 2.40. The quantitative estimate of drug-likeness (QED) is 0.911. The Morgan fingerprint density at radius 2 is 1.85 bits per heavy atom. The summed E-state index contributed by atoms with van der Waals surface area (Å²) in [6, 6.07) is 9.71. The van der Waals surface area contributed by atoms with E-state index in [1.165, 1.54) is 0 Å². The molecule has 110 valence electrons. The van der Waals surface area contributed by atoms with Gasteiger partial charge in [0, 0.05) is 12.1 Å². The Labute approximate surface area is 121 Å². The fourth-order valence-electron chi connectivity index (χ4n) is 2.42. The number of likely N-dealkylation sites (N-methyl/N-ethyl adjacent to an activating group) is 1. The number of amides is 1. The molecule has 0 radical (unpaired) electrons. The van der Waals surface area contributed by atoms with Crippen molar-refractivity contribution in [1.29, 1.82) is 0 Å². The zero-order valence-corrected chi connectivity index (χ0v) is 13.1. The molecule has 1 fully saturated rings. The van der Waals surface area contributed by atoms with Gasteiger partial charge in [0.15, 0.2) is 0 Å². The summed E-state index contributed by atoms with van der Waals surface area (Å²) in [4.78, 5) is 16.8. The first-order valence-electron chi connectivity index (χ1n) is 7.12. The largest absolute Gasteiger partial charge is 0.324 e. The Morgan fingerprint density at radius 1 is 1.25 bits per heavy atom. The van der Waals surface area contributed by atoms with E-state index in [-0.39, 0.29) is 23.7 Å². The zero-order chi connectivity index (χ0) is 14.9. The summed E-state index contributed by atoms with van der Waals surface area (Å²) >= 11 is 0. The number of rotatable bonds is 4. The van der Waals surface area contributed by atoms with Gasteiger partial charge in [-0.2, -0.15) is 0 Å². The SMILES string of the molecule is CC1NC(c2ccccc2)C(=O)N1CC(C)(C)N(C)C. The molecule has 1 aromatic rings. The predicted octanol–water partition coefficient (Wildman–Crippen LogP) is 1.85. The summed E-state index contributed by atoms with van der Waals surface area (Å²) < 4.78 is 0. The Morgan fingerprint density at radius 3 is 2.40 bits per heavy atom. The monoisotopic (exact) mass is 275 g/mol. The number of nitrogens with zero attached hydrogens (tertiary/aromatic N) is 2. The van der Waals surface area contributed by atoms with E-state index in [1.54, 1.807) is 0 Å². The van der Waals surface area contributed by atoms with E-state index in [2.05, 4.69) is 24.1 Å². The van der Waals surface area contributed by atoms with Crippen LogP contribution < -0.4 is 5.32 Å². The van der Waals surface area contributed by atoms with Crippen LogP contribution in [0, 0.1) is 0 Å². The van der Waals surface area contributed by atoms with E-state index in [0.29, 0.717) is 0 Å². The highest BCUT2D eigenvalue weighted by atomic mass is 16.2. The molecule has 20 heavy (non-hydrogen) atoms. The van der Waals surface area contributed by atoms with Crippen molar-refractivity contribution >= 4 is 5.91 Å². The minimum atomic E-state index is -0.218. The molecular formula is C16H25N3O. The molecule has 4 heteroatoms. The molecule has 1 heterocycles. The van der Waals surface area contributed by atoms with Gasteiger partial charge in [-0.1, -0.05) is 30.3 Å². The Hall–Kier alpha value is -1.39. The van der Waals surface area contributed by atoms with Gasteiger partial charge in [-0.25, -0.2) is 0 Å². The standard InChI is InChI=1S/C16H25N3O/c1-12-17-14(13-9-7-6-8-10-13)15(20)19(12)11-16(2,3)18(4)5/h6-10,12,14,17H,11H2,1-5H3. The van der Waals surface area contributed by atoms with Crippen LogP contribution in [0.15, 0.2) is 30.3 Å². The molecule has 1 N–H and O–H groups in total. The lowest BCUT2D eigenvalue weighted by atomic mass is 10.0. The normalized spacial score (nSPS) is 23.7. The second-order valence-electron chi connectivity index (χ2n) is 6.36. The van der Waals surface area contributed by atoms with Crippen molar-refractivity contribution in [2.24, 2.45) is 0 Å². The molecule has 1 amide bonds. The van der Waals surface area contributed by atoms with Gasteiger partial charge in [-0.3, -0.25) is 10.1 Å². The molecule has 4 nitrogen and oxygen atoms in total. The van der Waals surface area contributed by atoms with Gasteiger partial charge >= 0.3 is 0 Å². The fourth-order valence-corrected chi connectivity index (χ4v) is 2.42. The molecule has 0 aliphatic carbocycles. The average Bonchev–Trinajstić information content (AvgIpc) is 2.67. The van der Waals surface area contributed by atoms with E-state index in [9.17, 15) is 4.79 Å². The summed E-state index contributed by atoms with van der Waals surface area (Å²) in [7, 11) is 4.10. The first kappa shape index (κ1) is 15.0. The minimum absolute atomic E-state index is 0.0445. The number of hydrogen-bond acceptors (Lipinski definition) is 3. The summed E-state index contributed by atoms with van der Waals surface area (Å²) in [5.41, 5.74) is 0.992. The maximum absolute atomic E-state index is 12.7. The third kappa shape index (κ3) is 2.86. The van der Waals surface area contributed by atoms with E-state index in [0.717, 1.165) is 12.1 Å². The lowest BCUT2D eigenvalue weighted by molar-refractivity contribution is -0.131. The van der Waals surface area contributed by atoms with Gasteiger partial charge in [-0.15, -0.1) is 0 Å². The third-order valence-electron chi connectivity index (χ3n) is 4.31. The molecule has 0 saturated carbocycles. The molecule has 1 aliphatic rings. The fraction of sp³-hybridized carbons (Fsp3) is 0.562. The summed E-state index contributed by atoms with van der Waals surface area (Å²) in [5, 5.41) is 3.39. The van der Waals surface area contributed by atoms with E-state index >= 15 is 0 Å². The number of benzene rings is 1. The Balaban J connectivity index is 2.16. The number of hydrogen-bond donors (Lipinski definition) is 1. The van der Waals surface area contributed by atoms with Crippen LogP contribution in [0.3, 0.4) is 0 Å². The van der Waals surface area contributed by atoms with Crippen molar-refractivity contribution in [3.05, 3.63) is 35.9 Å². The lowest BCUT2D eigenvalue weighted by Crippen LogP contribution is -2.51. The molecule has 1 saturated heterocycles. The van der Waals surface area contributed by atoms with Crippen LogP contribution in [0.25, 0.3) is 0 Å². The lowest BCUT2D eigenvalue weighted by Gasteiger charge is -2.37. The van der Waals surface area contributed by atoms with Crippen LogP contribution >= 0.6 is 0 Å². The molecule has 0 spiro atoms. The third-order valence-corrected chi connectivity index (χ3v) is 4.31. The summed E-state index contributed by atoms with van der Waals surface area (Å²) in [6.45, 7) is 7.08. The highest BCUT2D eigenvalue weighted by Crippen LogP contribution is 2.26. The van der Waals surface area contributed by atoms with Crippen molar-refractivity contribution in [1.82, 2.24) is 15.1 Å². The molecule has 0 aromatic heterocycles. The van der Waals surface area contributed by atoms with E-state index in [4.69, 9.17) is 0 Å². The second kappa shape index (κ2) is 5.54. The van der Waals surface area contributed by atoms with E-state index < -0.39 is 0 Å². The molecule has 2 rings (SSSR count). The second-order valence-corrected chi connectivity index (χ2v) is 6.36. The van der Waals surface area contributed by atoms with Crippen molar-refractivity contribution in [3.8, 4) is 0 Å². The highest BCUT2D eigenvalue weighted by molar-refractivity contribution is 5.85. The molecule has 2 atom stereocenters. The van der Waals surface area contributed by atoms with Gasteiger partial charge in [0.1, 0.15) is 6.04 Å². The Kier molecular flexibility index (Phi) is 4.16. The molecule has 0 bridgehead atoms. The number of carbonyl (C=O) groups is 1. The van der Waals surface area contributed by atoms with Crippen molar-refractivity contribution in [2.75, 3.05) is 20.6 Å². The zero-order valence-electron chi connectivity index (χ0n) is 13.1. The topological polar surface area (TPSA) is 35.6 Å². The van der Waals surface area contributed by atoms with Gasteiger partial charge in [-0.05, 0) is 40.4 Å². The number of nitrogens with one attached hydrogen (secondary N) is 1.